The Morgan fingerprint density at radius 1 is 0.750 bits per heavy atom. The molecule has 20 heavy (non-hydrogen) atoms. The molecular weight excluding hydrogens is 380 g/mol. The van der Waals surface area contributed by atoms with Crippen molar-refractivity contribution in [2.24, 2.45) is 5.41 Å². The van der Waals surface area contributed by atoms with E-state index >= 15 is 0 Å². The predicted octanol–water partition coefficient (Wildman–Crippen LogP) is 5.80. The Morgan fingerprint density at radius 3 is 1.75 bits per heavy atom. The zero-order valence-corrected chi connectivity index (χ0v) is 17.0. The van der Waals surface area contributed by atoms with Gasteiger partial charge in [-0.2, -0.15) is 0 Å². The van der Waals surface area contributed by atoms with E-state index in [1.807, 2.05) is 0 Å². The van der Waals surface area contributed by atoms with Crippen LogP contribution in [0.4, 0.5) is 0 Å². The molecule has 0 fully saturated rings. The molecule has 1 N–H and O–H groups in total. The van der Waals surface area contributed by atoms with Gasteiger partial charge in [0.2, 0.25) is 0 Å². The van der Waals surface area contributed by atoms with E-state index in [1.165, 1.54) is 32.1 Å². The third-order valence-electron chi connectivity index (χ3n) is 4.20. The van der Waals surface area contributed by atoms with Crippen molar-refractivity contribution >= 4 is 5.97 Å². The first-order chi connectivity index (χ1) is 9.13. The van der Waals surface area contributed by atoms with Gasteiger partial charge in [-0.15, -0.1) is 0 Å². The molecule has 0 aromatic rings. The van der Waals surface area contributed by atoms with Crippen molar-refractivity contribution in [2.45, 2.75) is 97.8 Å². The molecule has 0 saturated heterocycles. The average Bonchev–Trinajstić information content (AvgIpc) is 2.39. The van der Waals surface area contributed by atoms with Crippen molar-refractivity contribution in [2.75, 3.05) is 0 Å². The Balaban J connectivity index is 0. The van der Waals surface area contributed by atoms with Gasteiger partial charge >= 0.3 is 5.97 Å². The summed E-state index contributed by atoms with van der Waals surface area (Å²) in [6, 6.07) is 0. The van der Waals surface area contributed by atoms with Gasteiger partial charge in [0.25, 0.3) is 0 Å². The fourth-order valence-corrected chi connectivity index (χ4v) is 2.93. The van der Waals surface area contributed by atoms with Crippen LogP contribution in [0.5, 0.6) is 0 Å². The largest absolute Gasteiger partial charge is 0.481 e. The summed E-state index contributed by atoms with van der Waals surface area (Å²) >= 11 is 0. The quantitative estimate of drug-likeness (QED) is 0.387. The molecule has 0 saturated carbocycles. The van der Waals surface area contributed by atoms with E-state index in [0.717, 1.165) is 44.9 Å². The fraction of sp³-hybridized carbons (Fsp3) is 0.941. The van der Waals surface area contributed by atoms with Crippen molar-refractivity contribution in [3.63, 3.8) is 0 Å². The number of rotatable bonds is 13. The monoisotopic (exact) mass is 412 g/mol. The summed E-state index contributed by atoms with van der Waals surface area (Å²) in [4.78, 5) is 11.7. The van der Waals surface area contributed by atoms with E-state index < -0.39 is 11.4 Å². The number of hydrogen-bond acceptors (Lipinski definition) is 1. The van der Waals surface area contributed by atoms with Crippen molar-refractivity contribution < 1.29 is 50.7 Å². The van der Waals surface area contributed by atoms with Crippen LogP contribution in [0, 0.1) is 46.3 Å². The minimum Gasteiger partial charge on any atom is -0.481 e. The number of carbonyl (C=O) groups is 1. The van der Waals surface area contributed by atoms with Gasteiger partial charge in [-0.25, -0.2) is 0 Å². The molecule has 0 aromatic heterocycles. The first-order valence-corrected chi connectivity index (χ1v) is 8.36. The fourth-order valence-electron chi connectivity index (χ4n) is 2.93. The maximum atomic E-state index is 11.7. The van der Waals surface area contributed by atoms with Gasteiger partial charge in [-0.3, -0.25) is 4.79 Å². The molecule has 3 heteroatoms. The standard InChI is InChI=1S/C17H34O2.Nd/c1-4-7-9-10-11-12-15-17(13-6-3,16(18)19)14-8-5-2;/h4-15H2,1-3H3,(H,18,19);. The Hall–Kier alpha value is 0.821. The Morgan fingerprint density at radius 2 is 1.25 bits per heavy atom. The van der Waals surface area contributed by atoms with Crippen molar-refractivity contribution in [1.29, 1.82) is 0 Å². The summed E-state index contributed by atoms with van der Waals surface area (Å²) in [5.74, 6) is -0.559. The van der Waals surface area contributed by atoms with Crippen LogP contribution in [0.1, 0.15) is 97.8 Å². The van der Waals surface area contributed by atoms with Crippen LogP contribution in [-0.2, 0) is 4.79 Å². The van der Waals surface area contributed by atoms with E-state index in [-0.39, 0.29) is 40.8 Å². The zero-order valence-electron chi connectivity index (χ0n) is 13.8. The molecule has 0 bridgehead atoms. The SMILES string of the molecule is CCCCCCCCC(CCC)(CCCC)C(=O)O.[Nd]. The summed E-state index contributed by atoms with van der Waals surface area (Å²) in [6.45, 7) is 6.47. The molecule has 0 rings (SSSR count). The third kappa shape index (κ3) is 9.70. The Kier molecular flexibility index (Phi) is 17.0. The molecule has 0 spiro atoms. The van der Waals surface area contributed by atoms with Crippen LogP contribution in [-0.4, -0.2) is 11.1 Å². The van der Waals surface area contributed by atoms with E-state index in [2.05, 4.69) is 20.8 Å². The van der Waals surface area contributed by atoms with Gasteiger partial charge in [0, 0.05) is 40.8 Å². The van der Waals surface area contributed by atoms with Crippen molar-refractivity contribution in [3.8, 4) is 0 Å². The van der Waals surface area contributed by atoms with E-state index in [4.69, 9.17) is 0 Å². The summed E-state index contributed by atoms with van der Waals surface area (Å²) < 4.78 is 0. The number of aliphatic carboxylic acids is 1. The topological polar surface area (TPSA) is 37.3 Å². The molecule has 0 aromatic carbocycles. The molecule has 1 unspecified atom stereocenters. The molecule has 0 aliphatic rings. The minimum absolute atomic E-state index is 0. The van der Waals surface area contributed by atoms with Gasteiger partial charge in [0.05, 0.1) is 5.41 Å². The van der Waals surface area contributed by atoms with Gasteiger partial charge in [-0.05, 0) is 19.3 Å². The van der Waals surface area contributed by atoms with Gasteiger partial charge < -0.3 is 5.11 Å². The number of carboxylic acid groups (broad SMARTS) is 1. The second kappa shape index (κ2) is 14.7. The van der Waals surface area contributed by atoms with E-state index in [1.54, 1.807) is 0 Å². The van der Waals surface area contributed by atoms with Crippen LogP contribution in [0.25, 0.3) is 0 Å². The third-order valence-corrected chi connectivity index (χ3v) is 4.20. The molecule has 0 amide bonds. The molecule has 0 heterocycles. The first-order valence-electron chi connectivity index (χ1n) is 8.36. The number of unbranched alkanes of at least 4 members (excludes halogenated alkanes) is 6. The number of hydrogen-bond donors (Lipinski definition) is 1. The van der Waals surface area contributed by atoms with Crippen LogP contribution in [0.3, 0.4) is 0 Å². The van der Waals surface area contributed by atoms with Crippen molar-refractivity contribution in [3.05, 3.63) is 0 Å². The summed E-state index contributed by atoms with van der Waals surface area (Å²) in [5.41, 5.74) is -0.435. The van der Waals surface area contributed by atoms with E-state index in [9.17, 15) is 9.90 Å². The molecule has 2 nitrogen and oxygen atoms in total. The van der Waals surface area contributed by atoms with Crippen LogP contribution in [0.15, 0.2) is 0 Å². The van der Waals surface area contributed by atoms with Gasteiger partial charge in [-0.1, -0.05) is 78.6 Å². The van der Waals surface area contributed by atoms with E-state index in [0.29, 0.717) is 0 Å². The minimum atomic E-state index is -0.559. The molecular formula is C17H34NdO2. The summed E-state index contributed by atoms with van der Waals surface area (Å²) in [7, 11) is 0. The zero-order chi connectivity index (χ0) is 14.6. The summed E-state index contributed by atoms with van der Waals surface area (Å²) in [5, 5.41) is 9.62. The maximum absolute atomic E-state index is 11.7. The van der Waals surface area contributed by atoms with Crippen molar-refractivity contribution in [1.82, 2.24) is 0 Å². The predicted molar refractivity (Wildman–Crippen MR) is 82.5 cm³/mol. The second-order valence-electron chi connectivity index (χ2n) is 5.96. The average molecular weight is 415 g/mol. The normalized spacial score (nSPS) is 13.6. The van der Waals surface area contributed by atoms with Crippen LogP contribution < -0.4 is 0 Å². The molecule has 1 atom stereocenters. The molecule has 0 radical (unpaired) electrons. The number of carboxylic acids is 1. The first kappa shape index (κ1) is 23.1. The smallest absolute Gasteiger partial charge is 0.309 e. The Labute approximate surface area is 159 Å². The molecule has 118 valence electrons. The van der Waals surface area contributed by atoms with Gasteiger partial charge in [0.1, 0.15) is 0 Å². The Bertz CT molecular complexity index is 231. The molecule has 0 aliphatic carbocycles. The van der Waals surface area contributed by atoms with Crippen LogP contribution in [0.2, 0.25) is 0 Å². The summed E-state index contributed by atoms with van der Waals surface area (Å²) in [6.07, 6.45) is 13.1. The van der Waals surface area contributed by atoms with Crippen LogP contribution >= 0.6 is 0 Å². The maximum Gasteiger partial charge on any atom is 0.309 e. The second-order valence-corrected chi connectivity index (χ2v) is 5.96. The van der Waals surface area contributed by atoms with Gasteiger partial charge in [0.15, 0.2) is 0 Å². The molecule has 0 aliphatic heterocycles.